The minimum atomic E-state index is -0.121. The molecule has 6 rings (SSSR count). The maximum absolute atomic E-state index is 12.7. The number of pyridine rings is 2. The molecular weight excluding hydrogens is 430 g/mol. The van der Waals surface area contributed by atoms with Crippen molar-refractivity contribution < 1.29 is 9.53 Å². The summed E-state index contributed by atoms with van der Waals surface area (Å²) in [5.41, 5.74) is 4.10. The zero-order valence-corrected chi connectivity index (χ0v) is 18.8. The number of anilines is 2. The van der Waals surface area contributed by atoms with Crippen molar-refractivity contribution in [1.82, 2.24) is 24.3 Å². The number of hydrogen-bond acceptors (Lipinski definition) is 7. The summed E-state index contributed by atoms with van der Waals surface area (Å²) in [5, 5.41) is 6.18. The van der Waals surface area contributed by atoms with Crippen LogP contribution in [0.3, 0.4) is 0 Å². The van der Waals surface area contributed by atoms with Gasteiger partial charge in [0.2, 0.25) is 5.91 Å². The molecule has 9 heteroatoms. The largest absolute Gasteiger partial charge is 0.497 e. The second-order valence-corrected chi connectivity index (χ2v) is 8.93. The molecule has 0 spiro atoms. The number of nitrogens with zero attached hydrogens (tertiary/aromatic N) is 5. The molecule has 0 unspecified atom stereocenters. The van der Waals surface area contributed by atoms with Crippen molar-refractivity contribution in [1.29, 1.82) is 0 Å². The Morgan fingerprint density at radius 3 is 2.85 bits per heavy atom. The molecular formula is C25H25N7O2. The third-order valence-corrected chi connectivity index (χ3v) is 6.44. The number of fused-ring (bicyclic) bond motifs is 1. The number of ether oxygens (including phenoxy) is 1. The van der Waals surface area contributed by atoms with Gasteiger partial charge in [-0.15, -0.1) is 0 Å². The van der Waals surface area contributed by atoms with Crippen molar-refractivity contribution in [3.05, 3.63) is 72.2 Å². The van der Waals surface area contributed by atoms with Gasteiger partial charge >= 0.3 is 0 Å². The number of rotatable bonds is 8. The number of carbonyl (C=O) groups is 1. The third kappa shape index (κ3) is 4.28. The summed E-state index contributed by atoms with van der Waals surface area (Å²) >= 11 is 0. The lowest BCUT2D eigenvalue weighted by Crippen LogP contribution is -2.16. The highest BCUT2D eigenvalue weighted by Crippen LogP contribution is 2.47. The maximum Gasteiger partial charge on any atom is 0.229 e. The quantitative estimate of drug-likeness (QED) is 0.417. The lowest BCUT2D eigenvalue weighted by atomic mass is 10.2. The Bertz CT molecular complexity index is 1360. The number of carbonyl (C=O) groups excluding carboxylic acids is 1. The second kappa shape index (κ2) is 8.40. The van der Waals surface area contributed by atoms with Crippen LogP contribution in [0.2, 0.25) is 0 Å². The van der Waals surface area contributed by atoms with Crippen LogP contribution in [-0.4, -0.2) is 37.4 Å². The van der Waals surface area contributed by atoms with E-state index < -0.39 is 0 Å². The van der Waals surface area contributed by atoms with Crippen molar-refractivity contribution in [3.63, 3.8) is 0 Å². The van der Waals surface area contributed by atoms with Crippen molar-refractivity contribution in [2.45, 2.75) is 37.6 Å². The first-order valence-corrected chi connectivity index (χ1v) is 11.5. The highest BCUT2D eigenvalue weighted by molar-refractivity contribution is 5.94. The fourth-order valence-corrected chi connectivity index (χ4v) is 4.30. The van der Waals surface area contributed by atoms with E-state index in [-0.39, 0.29) is 17.7 Å². The van der Waals surface area contributed by atoms with Gasteiger partial charge < -0.3 is 19.8 Å². The average Bonchev–Trinajstić information content (AvgIpc) is 3.79. The molecule has 1 amide bonds. The Morgan fingerprint density at radius 1 is 1.12 bits per heavy atom. The van der Waals surface area contributed by atoms with Gasteiger partial charge in [0.1, 0.15) is 29.4 Å². The number of amides is 1. The van der Waals surface area contributed by atoms with E-state index in [0.717, 1.165) is 29.2 Å². The molecule has 172 valence electrons. The predicted molar refractivity (Wildman–Crippen MR) is 127 cm³/mol. The molecule has 34 heavy (non-hydrogen) atoms. The van der Waals surface area contributed by atoms with E-state index in [1.165, 1.54) is 24.7 Å². The lowest BCUT2D eigenvalue weighted by Gasteiger charge is -2.07. The Morgan fingerprint density at radius 2 is 2.00 bits per heavy atom. The predicted octanol–water partition coefficient (Wildman–Crippen LogP) is 3.76. The van der Waals surface area contributed by atoms with Gasteiger partial charge in [-0.3, -0.25) is 9.78 Å². The molecule has 0 bridgehead atoms. The summed E-state index contributed by atoms with van der Waals surface area (Å²) in [5.74, 6) is 2.47. The zero-order valence-electron chi connectivity index (χ0n) is 18.8. The molecule has 2 saturated carbocycles. The Labute approximate surface area is 196 Å². The van der Waals surface area contributed by atoms with E-state index >= 15 is 0 Å². The van der Waals surface area contributed by atoms with E-state index in [1.807, 2.05) is 12.3 Å². The van der Waals surface area contributed by atoms with E-state index in [0.29, 0.717) is 24.1 Å². The molecule has 2 fully saturated rings. The average molecular weight is 456 g/mol. The molecule has 0 aromatic carbocycles. The summed E-state index contributed by atoms with van der Waals surface area (Å²) in [6, 6.07) is 9.66. The molecule has 2 aliphatic rings. The van der Waals surface area contributed by atoms with Gasteiger partial charge in [0.25, 0.3) is 0 Å². The van der Waals surface area contributed by atoms with Crippen molar-refractivity contribution in [3.8, 4) is 5.75 Å². The van der Waals surface area contributed by atoms with Gasteiger partial charge in [0.05, 0.1) is 19.3 Å². The smallest absolute Gasteiger partial charge is 0.229 e. The minimum absolute atomic E-state index is 0.0638. The van der Waals surface area contributed by atoms with Crippen LogP contribution in [0.4, 0.5) is 11.6 Å². The van der Waals surface area contributed by atoms with Gasteiger partial charge in [-0.1, -0.05) is 6.07 Å². The number of imidazole rings is 1. The lowest BCUT2D eigenvalue weighted by molar-refractivity contribution is -0.117. The highest BCUT2D eigenvalue weighted by Gasteiger charge is 2.45. The van der Waals surface area contributed by atoms with Crippen molar-refractivity contribution in [2.24, 2.45) is 5.92 Å². The first kappa shape index (κ1) is 20.6. The molecule has 0 radical (unpaired) electrons. The van der Waals surface area contributed by atoms with Crippen LogP contribution >= 0.6 is 0 Å². The number of aromatic nitrogens is 5. The van der Waals surface area contributed by atoms with Crippen molar-refractivity contribution in [2.75, 3.05) is 17.7 Å². The summed E-state index contributed by atoms with van der Waals surface area (Å²) in [4.78, 5) is 30.2. The molecule has 0 saturated heterocycles. The van der Waals surface area contributed by atoms with Crippen LogP contribution in [0.25, 0.3) is 5.65 Å². The van der Waals surface area contributed by atoms with E-state index in [1.54, 1.807) is 25.4 Å². The van der Waals surface area contributed by atoms with Crippen LogP contribution in [0.1, 0.15) is 48.0 Å². The summed E-state index contributed by atoms with van der Waals surface area (Å²) in [7, 11) is 1.62. The van der Waals surface area contributed by atoms with Crippen LogP contribution in [0.5, 0.6) is 5.75 Å². The van der Waals surface area contributed by atoms with E-state index in [9.17, 15) is 4.79 Å². The van der Waals surface area contributed by atoms with Crippen LogP contribution in [-0.2, 0) is 11.3 Å². The van der Waals surface area contributed by atoms with Crippen molar-refractivity contribution >= 4 is 23.2 Å². The third-order valence-electron chi connectivity index (χ3n) is 6.44. The van der Waals surface area contributed by atoms with Crippen LogP contribution < -0.4 is 15.4 Å². The van der Waals surface area contributed by atoms with E-state index in [4.69, 9.17) is 4.74 Å². The van der Waals surface area contributed by atoms with Gasteiger partial charge in [0, 0.05) is 48.3 Å². The van der Waals surface area contributed by atoms with Gasteiger partial charge in [-0.2, -0.15) is 0 Å². The SMILES string of the molecule is COc1ccnc([C@H]2C[C@@H]2C(=O)Nc2cc(NCc3cn4cc(C5CC5)ccc4n3)ncn2)c1. The fourth-order valence-electron chi connectivity index (χ4n) is 4.30. The topological polar surface area (TPSA) is 106 Å². The Kier molecular flexibility index (Phi) is 5.09. The maximum atomic E-state index is 12.7. The highest BCUT2D eigenvalue weighted by atomic mass is 16.5. The molecule has 2 atom stereocenters. The van der Waals surface area contributed by atoms with Crippen LogP contribution in [0, 0.1) is 5.92 Å². The zero-order chi connectivity index (χ0) is 23.1. The molecule has 2 N–H and O–H groups in total. The van der Waals surface area contributed by atoms with Gasteiger partial charge in [-0.25, -0.2) is 15.0 Å². The van der Waals surface area contributed by atoms with Gasteiger partial charge in [0.15, 0.2) is 0 Å². The van der Waals surface area contributed by atoms with E-state index in [2.05, 4.69) is 53.3 Å². The number of nitrogens with one attached hydrogen (secondary N) is 2. The molecule has 0 aliphatic heterocycles. The fraction of sp³-hybridized carbons (Fsp3) is 0.320. The summed E-state index contributed by atoms with van der Waals surface area (Å²) in [6.45, 7) is 0.525. The van der Waals surface area contributed by atoms with Crippen LogP contribution in [0.15, 0.2) is 55.2 Å². The number of hydrogen-bond donors (Lipinski definition) is 2. The second-order valence-electron chi connectivity index (χ2n) is 8.93. The molecule has 4 aromatic rings. The Balaban J connectivity index is 1.07. The first-order chi connectivity index (χ1) is 16.7. The minimum Gasteiger partial charge on any atom is -0.497 e. The normalized spacial score (nSPS) is 19.1. The molecule has 9 nitrogen and oxygen atoms in total. The summed E-state index contributed by atoms with van der Waals surface area (Å²) in [6.07, 6.45) is 10.7. The first-order valence-electron chi connectivity index (χ1n) is 11.5. The number of methoxy groups -OCH3 is 1. The Hall–Kier alpha value is -4.01. The monoisotopic (exact) mass is 455 g/mol. The molecule has 4 heterocycles. The summed E-state index contributed by atoms with van der Waals surface area (Å²) < 4.78 is 7.34. The standard InChI is InChI=1S/C25H25N7O2/c1-34-18-6-7-26-21(8-18)19-9-20(19)25(33)31-23-10-22(28-14-29-23)27-11-17-13-32-12-16(15-2-3-15)4-5-24(32)30-17/h4-8,10,12-15,19-20H,2-3,9,11H2,1H3,(H2,27,28,29,31,33)/t19-,20-/m0/s1. The molecule has 4 aromatic heterocycles. The molecule has 2 aliphatic carbocycles. The van der Waals surface area contributed by atoms with Gasteiger partial charge in [-0.05, 0) is 42.9 Å².